The van der Waals surface area contributed by atoms with Crippen molar-refractivity contribution in [1.82, 2.24) is 9.80 Å². The number of hydrogen-bond donors (Lipinski definition) is 0. The highest BCUT2D eigenvalue weighted by Crippen LogP contribution is 2.35. The Hall–Kier alpha value is -3.46. The molecule has 2 saturated heterocycles. The third-order valence-corrected chi connectivity index (χ3v) is 6.76. The molecule has 4 rings (SSSR count). The number of nitrogens with zero attached hydrogens (tertiary/aromatic N) is 3. The Bertz CT molecular complexity index is 1140. The molecule has 0 aromatic heterocycles. The average molecular weight is 510 g/mol. The van der Waals surface area contributed by atoms with Gasteiger partial charge in [-0.15, -0.1) is 0 Å². The average Bonchev–Trinajstić information content (AvgIpc) is 3.13. The van der Waals surface area contributed by atoms with Gasteiger partial charge in [-0.3, -0.25) is 19.3 Å². The summed E-state index contributed by atoms with van der Waals surface area (Å²) in [6.45, 7) is 8.47. The Balaban J connectivity index is 1.39. The van der Waals surface area contributed by atoms with Crippen LogP contribution in [0.1, 0.15) is 26.3 Å². The van der Waals surface area contributed by atoms with Crippen LogP contribution in [0, 0.1) is 0 Å². The maximum Gasteiger partial charge on any atom is 0.294 e. The minimum Gasteiger partial charge on any atom is -0.490 e. The highest BCUT2D eigenvalue weighted by atomic mass is 32.2. The normalized spacial score (nSPS) is 17.3. The molecule has 0 radical (unpaired) electrons. The number of carbonyl (C=O) groups excluding carboxylic acids is 3. The monoisotopic (exact) mass is 509 g/mol. The lowest BCUT2D eigenvalue weighted by atomic mass is 10.1. The van der Waals surface area contributed by atoms with Gasteiger partial charge in [-0.2, -0.15) is 0 Å². The van der Waals surface area contributed by atoms with Gasteiger partial charge in [0, 0.05) is 31.9 Å². The van der Waals surface area contributed by atoms with Crippen molar-refractivity contribution in [3.8, 4) is 11.5 Å². The zero-order valence-electron chi connectivity index (χ0n) is 20.8. The predicted octanol–water partition coefficient (Wildman–Crippen LogP) is 4.26. The molecular weight excluding hydrogens is 478 g/mol. The Kier molecular flexibility index (Phi) is 8.20. The number of amides is 3. The molecule has 0 N–H and O–H groups in total. The summed E-state index contributed by atoms with van der Waals surface area (Å²) in [5.74, 6) is 0.515. The first-order chi connectivity index (χ1) is 17.4. The predicted molar refractivity (Wildman–Crippen MR) is 141 cm³/mol. The van der Waals surface area contributed by atoms with E-state index < -0.39 is 11.1 Å². The van der Waals surface area contributed by atoms with Crippen LogP contribution in [0.2, 0.25) is 0 Å². The number of thioether (sulfide) groups is 1. The third-order valence-electron chi connectivity index (χ3n) is 5.85. The van der Waals surface area contributed by atoms with Crippen molar-refractivity contribution in [1.29, 1.82) is 0 Å². The minimum atomic E-state index is -0.457. The van der Waals surface area contributed by atoms with Crippen LogP contribution < -0.4 is 14.4 Å². The first-order valence-corrected chi connectivity index (χ1v) is 12.9. The summed E-state index contributed by atoms with van der Waals surface area (Å²) in [5, 5.41) is -0.438. The van der Waals surface area contributed by atoms with Gasteiger partial charge < -0.3 is 19.3 Å². The van der Waals surface area contributed by atoms with E-state index in [9.17, 15) is 14.4 Å². The number of hydrogen-bond acceptors (Lipinski definition) is 7. The fraction of sp³-hybridized carbons (Fsp3) is 0.370. The summed E-state index contributed by atoms with van der Waals surface area (Å²) >= 11 is 0.845. The van der Waals surface area contributed by atoms with Crippen molar-refractivity contribution in [2.24, 2.45) is 0 Å². The Morgan fingerprint density at radius 2 is 1.75 bits per heavy atom. The zero-order chi connectivity index (χ0) is 25.7. The van der Waals surface area contributed by atoms with E-state index in [2.05, 4.69) is 4.90 Å². The Morgan fingerprint density at radius 1 is 1.03 bits per heavy atom. The highest BCUT2D eigenvalue weighted by Gasteiger charge is 2.37. The summed E-state index contributed by atoms with van der Waals surface area (Å²) in [5.41, 5.74) is 1.83. The number of anilines is 1. The van der Waals surface area contributed by atoms with E-state index in [0.717, 1.165) is 22.3 Å². The number of rotatable bonds is 8. The Labute approximate surface area is 215 Å². The SMILES string of the molecule is CCOc1cc(/C=C2/SC(=O)N(CC(=O)N3CCN(c4ccccc4)CC3)C2=O)ccc1OC(C)C. The summed E-state index contributed by atoms with van der Waals surface area (Å²) in [6.07, 6.45) is 1.64. The molecule has 2 heterocycles. The lowest BCUT2D eigenvalue weighted by Gasteiger charge is -2.36. The molecule has 0 bridgehead atoms. The first kappa shape index (κ1) is 25.6. The molecule has 0 saturated carbocycles. The molecule has 0 unspecified atom stereocenters. The molecule has 2 aromatic carbocycles. The van der Waals surface area contributed by atoms with Gasteiger partial charge >= 0.3 is 0 Å². The van der Waals surface area contributed by atoms with Crippen molar-refractivity contribution < 1.29 is 23.9 Å². The van der Waals surface area contributed by atoms with Gasteiger partial charge in [-0.25, -0.2) is 0 Å². The van der Waals surface area contributed by atoms with Crippen molar-refractivity contribution in [3.05, 3.63) is 59.0 Å². The number of para-hydroxylation sites is 1. The van der Waals surface area contributed by atoms with Crippen LogP contribution in [0.4, 0.5) is 10.5 Å². The van der Waals surface area contributed by atoms with E-state index >= 15 is 0 Å². The molecule has 2 aliphatic rings. The van der Waals surface area contributed by atoms with Gasteiger partial charge in [0.15, 0.2) is 11.5 Å². The van der Waals surface area contributed by atoms with Gasteiger partial charge in [0.1, 0.15) is 6.54 Å². The lowest BCUT2D eigenvalue weighted by molar-refractivity contribution is -0.136. The second-order valence-electron chi connectivity index (χ2n) is 8.78. The van der Waals surface area contributed by atoms with Gasteiger partial charge in [-0.1, -0.05) is 24.3 Å². The van der Waals surface area contributed by atoms with E-state index in [-0.39, 0.29) is 23.5 Å². The minimum absolute atomic E-state index is 0.00888. The van der Waals surface area contributed by atoms with Crippen LogP contribution >= 0.6 is 11.8 Å². The van der Waals surface area contributed by atoms with Gasteiger partial charge in [-0.05, 0) is 68.4 Å². The fourth-order valence-electron chi connectivity index (χ4n) is 4.11. The number of ether oxygens (including phenoxy) is 2. The van der Waals surface area contributed by atoms with E-state index in [1.807, 2.05) is 57.2 Å². The molecule has 0 aliphatic carbocycles. The van der Waals surface area contributed by atoms with E-state index in [0.29, 0.717) is 49.8 Å². The molecule has 36 heavy (non-hydrogen) atoms. The quantitative estimate of drug-likeness (QED) is 0.492. The molecule has 2 aromatic rings. The topological polar surface area (TPSA) is 79.4 Å². The van der Waals surface area contributed by atoms with Gasteiger partial charge in [0.2, 0.25) is 5.91 Å². The van der Waals surface area contributed by atoms with Crippen LogP contribution in [-0.4, -0.2) is 72.3 Å². The Morgan fingerprint density at radius 3 is 2.42 bits per heavy atom. The second kappa shape index (κ2) is 11.5. The van der Waals surface area contributed by atoms with Gasteiger partial charge in [0.25, 0.3) is 11.1 Å². The molecule has 8 nitrogen and oxygen atoms in total. The number of piperazine rings is 1. The maximum absolute atomic E-state index is 13.0. The number of imide groups is 1. The van der Waals surface area contributed by atoms with E-state index in [1.54, 1.807) is 23.1 Å². The van der Waals surface area contributed by atoms with Crippen LogP contribution in [0.5, 0.6) is 11.5 Å². The molecule has 2 fully saturated rings. The van der Waals surface area contributed by atoms with Crippen molar-refractivity contribution in [3.63, 3.8) is 0 Å². The summed E-state index contributed by atoms with van der Waals surface area (Å²) < 4.78 is 11.5. The van der Waals surface area contributed by atoms with Crippen molar-refractivity contribution in [2.45, 2.75) is 26.9 Å². The van der Waals surface area contributed by atoms with Crippen molar-refractivity contribution in [2.75, 3.05) is 44.2 Å². The fourth-order valence-corrected chi connectivity index (χ4v) is 4.95. The smallest absolute Gasteiger partial charge is 0.294 e. The molecule has 0 atom stereocenters. The summed E-state index contributed by atoms with van der Waals surface area (Å²) in [6, 6.07) is 15.4. The molecule has 3 amide bonds. The lowest BCUT2D eigenvalue weighted by Crippen LogP contribution is -2.51. The molecule has 190 valence electrons. The number of carbonyl (C=O) groups is 3. The van der Waals surface area contributed by atoms with Crippen LogP contribution in [-0.2, 0) is 9.59 Å². The number of benzene rings is 2. The standard InChI is InChI=1S/C27H31N3O5S/c1-4-34-23-16-20(10-11-22(23)35-19(2)3)17-24-26(32)30(27(33)36-24)18-25(31)29-14-12-28(13-15-29)21-8-6-5-7-9-21/h5-11,16-17,19H,4,12-15,18H2,1-3H3/b24-17+. The van der Waals surface area contributed by atoms with Crippen molar-refractivity contribution >= 4 is 40.6 Å². The maximum atomic E-state index is 13.0. The first-order valence-electron chi connectivity index (χ1n) is 12.1. The molecule has 2 aliphatic heterocycles. The summed E-state index contributed by atoms with van der Waals surface area (Å²) in [7, 11) is 0. The van der Waals surface area contributed by atoms with Gasteiger partial charge in [0.05, 0.1) is 17.6 Å². The van der Waals surface area contributed by atoms with Crippen LogP contribution in [0.15, 0.2) is 53.4 Å². The molecule has 0 spiro atoms. The molecular formula is C27H31N3O5S. The zero-order valence-corrected chi connectivity index (χ0v) is 21.6. The van der Waals surface area contributed by atoms with E-state index in [4.69, 9.17) is 9.47 Å². The molecule has 9 heteroatoms. The van der Waals surface area contributed by atoms with Crippen LogP contribution in [0.3, 0.4) is 0 Å². The largest absolute Gasteiger partial charge is 0.490 e. The van der Waals surface area contributed by atoms with E-state index in [1.165, 1.54) is 0 Å². The second-order valence-corrected chi connectivity index (χ2v) is 9.77. The summed E-state index contributed by atoms with van der Waals surface area (Å²) in [4.78, 5) is 43.7. The third kappa shape index (κ3) is 6.02. The highest BCUT2D eigenvalue weighted by molar-refractivity contribution is 8.18. The van der Waals surface area contributed by atoms with Crippen LogP contribution in [0.25, 0.3) is 6.08 Å².